The zero-order valence-electron chi connectivity index (χ0n) is 14.9. The van der Waals surface area contributed by atoms with Crippen LogP contribution in [0.5, 0.6) is 0 Å². The number of para-hydroxylation sites is 1. The lowest BCUT2D eigenvalue weighted by atomic mass is 9.77. The van der Waals surface area contributed by atoms with E-state index >= 15 is 0 Å². The number of amides is 2. The molecule has 4 atom stereocenters. The van der Waals surface area contributed by atoms with E-state index in [2.05, 4.69) is 10.3 Å². The lowest BCUT2D eigenvalue weighted by molar-refractivity contribution is -0.132. The summed E-state index contributed by atoms with van der Waals surface area (Å²) in [4.78, 5) is 31.4. The Kier molecular flexibility index (Phi) is 3.80. The fraction of sp³-hybridized carbons (Fsp3) is 0.286. The number of carbonyl (C=O) groups is 2. The molecule has 1 aromatic heterocycles. The van der Waals surface area contributed by atoms with Crippen LogP contribution < -0.4 is 10.2 Å². The maximum absolute atomic E-state index is 14.3. The van der Waals surface area contributed by atoms with E-state index in [0.29, 0.717) is 6.54 Å². The second-order valence-corrected chi connectivity index (χ2v) is 7.35. The second kappa shape index (κ2) is 6.24. The average Bonchev–Trinajstić information content (AvgIpc) is 3.36. The summed E-state index contributed by atoms with van der Waals surface area (Å²) in [5.74, 6) is -2.26. The first-order valence-corrected chi connectivity index (χ1v) is 9.19. The van der Waals surface area contributed by atoms with Gasteiger partial charge in [0.25, 0.3) is 0 Å². The minimum Gasteiger partial charge on any atom is -0.360 e. The monoisotopic (exact) mass is 379 g/mol. The van der Waals surface area contributed by atoms with Gasteiger partial charge in [-0.15, -0.1) is 0 Å². The van der Waals surface area contributed by atoms with Gasteiger partial charge in [0.05, 0.1) is 30.2 Å². The first-order valence-electron chi connectivity index (χ1n) is 9.19. The number of aromatic nitrogens is 1. The molecule has 2 aromatic rings. The van der Waals surface area contributed by atoms with Gasteiger partial charge in [-0.3, -0.25) is 14.6 Å². The Morgan fingerprint density at radius 2 is 2.07 bits per heavy atom. The molecule has 1 spiro atoms. The Hall–Kier alpha value is -3.06. The minimum atomic E-state index is -0.872. The van der Waals surface area contributed by atoms with Crippen molar-refractivity contribution in [2.45, 2.75) is 18.2 Å². The Balaban J connectivity index is 1.40. The zero-order valence-corrected chi connectivity index (χ0v) is 14.9. The molecule has 6 nitrogen and oxygen atoms in total. The number of nitrogens with zero attached hydrogens (tertiary/aromatic N) is 2. The number of rotatable bonds is 4. The summed E-state index contributed by atoms with van der Waals surface area (Å²) in [6.07, 6.45) is 6.58. The SMILES string of the molecule is O=C(NCc1ccncc1)C1C2C(=O)N(c3ccccc3F)C[C@]23C=C[C@H]1O3. The molecule has 28 heavy (non-hydrogen) atoms. The number of hydrogen-bond donors (Lipinski definition) is 1. The molecular weight excluding hydrogens is 361 g/mol. The highest BCUT2D eigenvalue weighted by Gasteiger charge is 2.67. The molecule has 3 aliphatic heterocycles. The minimum absolute atomic E-state index is 0.207. The van der Waals surface area contributed by atoms with Crippen molar-refractivity contribution >= 4 is 17.5 Å². The van der Waals surface area contributed by atoms with Gasteiger partial charge in [0.2, 0.25) is 11.8 Å². The fourth-order valence-corrected chi connectivity index (χ4v) is 4.48. The van der Waals surface area contributed by atoms with E-state index < -0.39 is 29.4 Å². The summed E-state index contributed by atoms with van der Waals surface area (Å²) in [6.45, 7) is 0.553. The summed E-state index contributed by atoms with van der Waals surface area (Å²) >= 11 is 0. The van der Waals surface area contributed by atoms with Gasteiger partial charge < -0.3 is 15.0 Å². The average molecular weight is 379 g/mol. The van der Waals surface area contributed by atoms with E-state index in [1.807, 2.05) is 24.3 Å². The Morgan fingerprint density at radius 1 is 1.29 bits per heavy atom. The third kappa shape index (κ3) is 2.46. The molecule has 1 N–H and O–H groups in total. The van der Waals surface area contributed by atoms with Crippen molar-refractivity contribution in [2.75, 3.05) is 11.4 Å². The van der Waals surface area contributed by atoms with Crippen molar-refractivity contribution in [3.05, 3.63) is 72.3 Å². The number of hydrogen-bond acceptors (Lipinski definition) is 4. The van der Waals surface area contributed by atoms with Crippen LogP contribution in [0.1, 0.15) is 5.56 Å². The van der Waals surface area contributed by atoms with Gasteiger partial charge >= 0.3 is 0 Å². The maximum Gasteiger partial charge on any atom is 0.234 e. The van der Waals surface area contributed by atoms with E-state index in [1.54, 1.807) is 30.6 Å². The lowest BCUT2D eigenvalue weighted by Crippen LogP contribution is -2.44. The van der Waals surface area contributed by atoms with Crippen LogP contribution in [-0.4, -0.2) is 35.0 Å². The standard InChI is InChI=1S/C21H18FN3O3/c22-14-3-1-2-4-15(14)25-12-21-8-5-16(28-21)17(18(21)20(25)27)19(26)24-11-13-6-9-23-10-7-13/h1-10,16-18H,11-12H2,(H,24,26)/t16-,17?,18?,21-/m1/s1. The van der Waals surface area contributed by atoms with Crippen LogP contribution in [0.15, 0.2) is 60.9 Å². The quantitative estimate of drug-likeness (QED) is 0.823. The van der Waals surface area contributed by atoms with Gasteiger partial charge in [-0.2, -0.15) is 0 Å². The number of benzene rings is 1. The summed E-state index contributed by atoms with van der Waals surface area (Å²) < 4.78 is 20.3. The summed E-state index contributed by atoms with van der Waals surface area (Å²) in [5.41, 5.74) is 0.263. The number of pyridine rings is 1. The summed E-state index contributed by atoms with van der Waals surface area (Å²) in [6, 6.07) is 9.79. The van der Waals surface area contributed by atoms with Crippen LogP contribution in [0, 0.1) is 17.7 Å². The molecule has 3 aliphatic rings. The molecule has 0 aliphatic carbocycles. The molecule has 2 fully saturated rings. The maximum atomic E-state index is 14.3. The van der Waals surface area contributed by atoms with Gasteiger partial charge in [-0.25, -0.2) is 4.39 Å². The summed E-state index contributed by atoms with van der Waals surface area (Å²) in [5, 5.41) is 2.90. The molecule has 2 saturated heterocycles. The van der Waals surface area contributed by atoms with Gasteiger partial charge in [0.15, 0.2) is 0 Å². The Bertz CT molecular complexity index is 980. The predicted molar refractivity (Wildman–Crippen MR) is 98.6 cm³/mol. The number of nitrogens with one attached hydrogen (secondary N) is 1. The van der Waals surface area contributed by atoms with Crippen LogP contribution in [0.4, 0.5) is 10.1 Å². The highest BCUT2D eigenvalue weighted by molar-refractivity contribution is 6.03. The van der Waals surface area contributed by atoms with Crippen LogP contribution in [-0.2, 0) is 20.9 Å². The normalized spacial score (nSPS) is 30.0. The molecule has 0 radical (unpaired) electrons. The molecule has 2 amide bonds. The van der Waals surface area contributed by atoms with Crippen LogP contribution in [0.2, 0.25) is 0 Å². The first-order chi connectivity index (χ1) is 13.6. The van der Waals surface area contributed by atoms with Crippen molar-refractivity contribution in [3.8, 4) is 0 Å². The van der Waals surface area contributed by atoms with Gasteiger partial charge in [0.1, 0.15) is 11.4 Å². The lowest BCUT2D eigenvalue weighted by Gasteiger charge is -2.23. The fourth-order valence-electron chi connectivity index (χ4n) is 4.48. The number of halogens is 1. The van der Waals surface area contributed by atoms with Crippen molar-refractivity contribution in [1.82, 2.24) is 10.3 Å². The van der Waals surface area contributed by atoms with Crippen LogP contribution in [0.3, 0.4) is 0 Å². The Morgan fingerprint density at radius 3 is 2.86 bits per heavy atom. The van der Waals surface area contributed by atoms with Gasteiger partial charge in [-0.05, 0) is 29.8 Å². The number of fused-ring (bicyclic) bond motifs is 1. The van der Waals surface area contributed by atoms with E-state index in [0.717, 1.165) is 5.56 Å². The van der Waals surface area contributed by atoms with Crippen molar-refractivity contribution in [1.29, 1.82) is 0 Å². The highest BCUT2D eigenvalue weighted by Crippen LogP contribution is 2.52. The molecule has 2 bridgehead atoms. The van der Waals surface area contributed by atoms with E-state index in [4.69, 9.17) is 4.74 Å². The molecule has 7 heteroatoms. The number of carbonyl (C=O) groups excluding carboxylic acids is 2. The van der Waals surface area contributed by atoms with Crippen molar-refractivity contribution in [2.24, 2.45) is 11.8 Å². The van der Waals surface area contributed by atoms with Crippen molar-refractivity contribution < 1.29 is 18.7 Å². The first kappa shape index (κ1) is 17.1. The molecule has 4 heterocycles. The number of ether oxygens (including phenoxy) is 1. The largest absolute Gasteiger partial charge is 0.360 e. The van der Waals surface area contributed by atoms with Gasteiger partial charge in [-0.1, -0.05) is 24.3 Å². The topological polar surface area (TPSA) is 71.5 Å². The van der Waals surface area contributed by atoms with E-state index in [-0.39, 0.29) is 24.0 Å². The zero-order chi connectivity index (χ0) is 19.3. The van der Waals surface area contributed by atoms with E-state index in [1.165, 1.54) is 11.0 Å². The molecular formula is C21H18FN3O3. The molecule has 5 rings (SSSR count). The van der Waals surface area contributed by atoms with Crippen LogP contribution in [0.25, 0.3) is 0 Å². The highest BCUT2D eigenvalue weighted by atomic mass is 19.1. The van der Waals surface area contributed by atoms with Crippen LogP contribution >= 0.6 is 0 Å². The molecule has 1 aromatic carbocycles. The third-order valence-corrected chi connectivity index (χ3v) is 5.76. The predicted octanol–water partition coefficient (Wildman–Crippen LogP) is 1.82. The van der Waals surface area contributed by atoms with E-state index in [9.17, 15) is 14.0 Å². The van der Waals surface area contributed by atoms with Crippen molar-refractivity contribution in [3.63, 3.8) is 0 Å². The Labute approximate surface area is 161 Å². The smallest absolute Gasteiger partial charge is 0.234 e. The van der Waals surface area contributed by atoms with Gasteiger partial charge in [0, 0.05) is 18.9 Å². The molecule has 142 valence electrons. The number of anilines is 1. The third-order valence-electron chi connectivity index (χ3n) is 5.76. The second-order valence-electron chi connectivity index (χ2n) is 7.35. The molecule has 0 saturated carbocycles. The summed E-state index contributed by atoms with van der Waals surface area (Å²) in [7, 11) is 0. The molecule has 2 unspecified atom stereocenters.